The van der Waals surface area contributed by atoms with Gasteiger partial charge < -0.3 is 10.6 Å². The first-order valence-corrected chi connectivity index (χ1v) is 7.95. The predicted octanol–water partition coefficient (Wildman–Crippen LogP) is 3.30. The Morgan fingerprint density at radius 1 is 1.10 bits per heavy atom. The van der Waals surface area contributed by atoms with Gasteiger partial charge in [0.05, 0.1) is 0 Å². The molecule has 20 heavy (non-hydrogen) atoms. The second-order valence-corrected chi connectivity index (χ2v) is 7.25. The van der Waals surface area contributed by atoms with Gasteiger partial charge in [-0.15, -0.1) is 0 Å². The van der Waals surface area contributed by atoms with Gasteiger partial charge in [0.25, 0.3) is 0 Å². The van der Waals surface area contributed by atoms with Crippen LogP contribution in [0.5, 0.6) is 0 Å². The molecule has 0 bridgehead atoms. The van der Waals surface area contributed by atoms with Gasteiger partial charge in [0.1, 0.15) is 0 Å². The van der Waals surface area contributed by atoms with Crippen LogP contribution in [0.3, 0.4) is 0 Å². The lowest BCUT2D eigenvalue weighted by Crippen LogP contribution is -2.46. The van der Waals surface area contributed by atoms with Crippen molar-refractivity contribution >= 4 is 0 Å². The third kappa shape index (κ3) is 3.07. The number of piperidine rings is 1. The van der Waals surface area contributed by atoms with Crippen LogP contribution >= 0.6 is 0 Å². The van der Waals surface area contributed by atoms with Gasteiger partial charge in [0.2, 0.25) is 0 Å². The van der Waals surface area contributed by atoms with Gasteiger partial charge in [-0.05, 0) is 49.0 Å². The van der Waals surface area contributed by atoms with Gasteiger partial charge in [0, 0.05) is 12.0 Å². The van der Waals surface area contributed by atoms with Crippen molar-refractivity contribution in [1.82, 2.24) is 4.90 Å². The van der Waals surface area contributed by atoms with E-state index in [0.717, 1.165) is 13.1 Å². The number of nitrogens with zero attached hydrogens (tertiary/aromatic N) is 1. The summed E-state index contributed by atoms with van der Waals surface area (Å²) in [5, 5.41) is 0. The van der Waals surface area contributed by atoms with Crippen molar-refractivity contribution < 1.29 is 0 Å². The Kier molecular flexibility index (Phi) is 4.55. The average molecular weight is 274 g/mol. The highest BCUT2D eigenvalue weighted by Crippen LogP contribution is 2.35. The summed E-state index contributed by atoms with van der Waals surface area (Å²) < 4.78 is 0. The lowest BCUT2D eigenvalue weighted by molar-refractivity contribution is 0.169. The van der Waals surface area contributed by atoms with E-state index >= 15 is 0 Å². The molecule has 1 aliphatic heterocycles. The number of hydrogen-bond donors (Lipinski definition) is 1. The third-order valence-electron chi connectivity index (χ3n) is 5.01. The quantitative estimate of drug-likeness (QED) is 0.916. The SMILES string of the molecule is CCN1CCC(CN)(c2ccc(C(C)(C)C)cc2)CC1. The van der Waals surface area contributed by atoms with E-state index in [4.69, 9.17) is 5.73 Å². The average Bonchev–Trinajstić information content (AvgIpc) is 2.46. The van der Waals surface area contributed by atoms with Crippen LogP contribution in [0.25, 0.3) is 0 Å². The summed E-state index contributed by atoms with van der Waals surface area (Å²) in [6, 6.07) is 9.21. The minimum absolute atomic E-state index is 0.197. The monoisotopic (exact) mass is 274 g/mol. The minimum atomic E-state index is 0.197. The molecule has 2 N–H and O–H groups in total. The molecule has 2 heteroatoms. The Morgan fingerprint density at radius 2 is 1.65 bits per heavy atom. The van der Waals surface area contributed by atoms with E-state index in [1.54, 1.807) is 0 Å². The molecule has 0 radical (unpaired) electrons. The second-order valence-electron chi connectivity index (χ2n) is 7.25. The highest BCUT2D eigenvalue weighted by molar-refractivity contribution is 5.33. The molecule has 1 saturated heterocycles. The maximum absolute atomic E-state index is 6.16. The molecule has 0 unspecified atom stereocenters. The summed E-state index contributed by atoms with van der Waals surface area (Å²) in [6.45, 7) is 13.3. The van der Waals surface area contributed by atoms with Crippen LogP contribution in [-0.2, 0) is 10.8 Å². The summed E-state index contributed by atoms with van der Waals surface area (Å²) in [4.78, 5) is 2.53. The molecule has 1 aromatic rings. The third-order valence-corrected chi connectivity index (χ3v) is 5.01. The van der Waals surface area contributed by atoms with Crippen LogP contribution in [0.2, 0.25) is 0 Å². The lowest BCUT2D eigenvalue weighted by Gasteiger charge is -2.41. The van der Waals surface area contributed by atoms with E-state index in [2.05, 4.69) is 56.9 Å². The highest BCUT2D eigenvalue weighted by Gasteiger charge is 2.34. The molecule has 0 aliphatic carbocycles. The van der Waals surface area contributed by atoms with Crippen molar-refractivity contribution in [2.75, 3.05) is 26.2 Å². The van der Waals surface area contributed by atoms with E-state index < -0.39 is 0 Å². The summed E-state index contributed by atoms with van der Waals surface area (Å²) in [7, 11) is 0. The van der Waals surface area contributed by atoms with Crippen molar-refractivity contribution in [3.63, 3.8) is 0 Å². The number of benzene rings is 1. The van der Waals surface area contributed by atoms with Gasteiger partial charge in [-0.2, -0.15) is 0 Å². The molecule has 2 nitrogen and oxygen atoms in total. The summed E-state index contributed by atoms with van der Waals surface area (Å²) in [6.07, 6.45) is 2.37. The van der Waals surface area contributed by atoms with Crippen molar-refractivity contribution in [1.29, 1.82) is 0 Å². The maximum atomic E-state index is 6.16. The minimum Gasteiger partial charge on any atom is -0.330 e. The first-order chi connectivity index (χ1) is 9.41. The van der Waals surface area contributed by atoms with E-state index in [1.165, 1.54) is 37.1 Å². The largest absolute Gasteiger partial charge is 0.330 e. The first kappa shape index (κ1) is 15.5. The highest BCUT2D eigenvalue weighted by atomic mass is 15.1. The molecule has 0 aromatic heterocycles. The zero-order valence-corrected chi connectivity index (χ0v) is 13.6. The zero-order chi connectivity index (χ0) is 14.8. The van der Waals surface area contributed by atoms with Crippen LogP contribution < -0.4 is 5.73 Å². The molecule has 1 fully saturated rings. The van der Waals surface area contributed by atoms with Gasteiger partial charge in [-0.1, -0.05) is 52.0 Å². The second kappa shape index (κ2) is 5.87. The fourth-order valence-electron chi connectivity index (χ4n) is 3.23. The standard InChI is InChI=1S/C18H30N2/c1-5-20-12-10-18(14-19,11-13-20)16-8-6-15(7-9-16)17(2,3)4/h6-9H,5,10-14,19H2,1-4H3. The van der Waals surface area contributed by atoms with Crippen LogP contribution in [-0.4, -0.2) is 31.1 Å². The first-order valence-electron chi connectivity index (χ1n) is 7.95. The molecule has 0 amide bonds. The Hall–Kier alpha value is -0.860. The van der Waals surface area contributed by atoms with Crippen LogP contribution in [0.4, 0.5) is 0 Å². The normalized spacial score (nSPS) is 20.1. The Morgan fingerprint density at radius 3 is 2.05 bits per heavy atom. The summed E-state index contributed by atoms with van der Waals surface area (Å²) in [5.74, 6) is 0. The fourth-order valence-corrected chi connectivity index (χ4v) is 3.23. The van der Waals surface area contributed by atoms with Crippen LogP contribution in [0.15, 0.2) is 24.3 Å². The molecule has 0 spiro atoms. The molecular weight excluding hydrogens is 244 g/mol. The topological polar surface area (TPSA) is 29.3 Å². The van der Waals surface area contributed by atoms with Gasteiger partial charge >= 0.3 is 0 Å². The maximum Gasteiger partial charge on any atom is 0.00998 e. The molecule has 1 aromatic carbocycles. The smallest absolute Gasteiger partial charge is 0.00998 e. The molecule has 1 aliphatic rings. The molecule has 0 atom stereocenters. The molecule has 0 saturated carbocycles. The number of rotatable bonds is 3. The van der Waals surface area contributed by atoms with E-state index in [9.17, 15) is 0 Å². The molecule has 2 rings (SSSR count). The van der Waals surface area contributed by atoms with E-state index in [-0.39, 0.29) is 10.8 Å². The van der Waals surface area contributed by atoms with E-state index in [1.807, 2.05) is 0 Å². The zero-order valence-electron chi connectivity index (χ0n) is 13.6. The van der Waals surface area contributed by atoms with E-state index in [0.29, 0.717) is 0 Å². The number of likely N-dealkylation sites (tertiary alicyclic amines) is 1. The number of hydrogen-bond acceptors (Lipinski definition) is 2. The van der Waals surface area contributed by atoms with Crippen LogP contribution in [0, 0.1) is 0 Å². The van der Waals surface area contributed by atoms with Crippen molar-refractivity contribution in [3.05, 3.63) is 35.4 Å². The van der Waals surface area contributed by atoms with Gasteiger partial charge in [-0.3, -0.25) is 0 Å². The predicted molar refractivity (Wildman–Crippen MR) is 87.2 cm³/mol. The van der Waals surface area contributed by atoms with Crippen molar-refractivity contribution in [3.8, 4) is 0 Å². The van der Waals surface area contributed by atoms with Crippen molar-refractivity contribution in [2.24, 2.45) is 5.73 Å². The van der Waals surface area contributed by atoms with Gasteiger partial charge in [-0.25, -0.2) is 0 Å². The molecular formula is C18H30N2. The number of nitrogens with two attached hydrogens (primary N) is 1. The summed E-state index contributed by atoms with van der Waals surface area (Å²) in [5.41, 5.74) is 9.42. The Labute approximate surface area is 124 Å². The fraction of sp³-hybridized carbons (Fsp3) is 0.667. The van der Waals surface area contributed by atoms with Crippen molar-refractivity contribution in [2.45, 2.75) is 51.4 Å². The van der Waals surface area contributed by atoms with Gasteiger partial charge in [0.15, 0.2) is 0 Å². The summed E-state index contributed by atoms with van der Waals surface area (Å²) >= 11 is 0. The molecule has 1 heterocycles. The molecule has 112 valence electrons. The Balaban J connectivity index is 2.20. The van der Waals surface area contributed by atoms with Crippen LogP contribution in [0.1, 0.15) is 51.7 Å². The Bertz CT molecular complexity index is 420. The lowest BCUT2D eigenvalue weighted by atomic mass is 9.72.